The van der Waals surface area contributed by atoms with Crippen LogP contribution in [0.3, 0.4) is 0 Å². The molecule has 23 heavy (non-hydrogen) atoms. The number of urea groups is 1. The van der Waals surface area contributed by atoms with Crippen LogP contribution < -0.4 is 16.4 Å². The van der Waals surface area contributed by atoms with Crippen molar-refractivity contribution in [3.05, 3.63) is 35.6 Å². The lowest BCUT2D eigenvalue weighted by Crippen LogP contribution is -2.57. The predicted octanol–water partition coefficient (Wildman–Crippen LogP) is 0.726. The summed E-state index contributed by atoms with van der Waals surface area (Å²) >= 11 is 0. The van der Waals surface area contributed by atoms with Crippen LogP contribution >= 0.6 is 0 Å². The maximum Gasteiger partial charge on any atom is 0.342 e. The van der Waals surface area contributed by atoms with Crippen LogP contribution in [0.2, 0.25) is 0 Å². The summed E-state index contributed by atoms with van der Waals surface area (Å²) in [5.41, 5.74) is 4.05. The minimum atomic E-state index is -1.09. The number of carbonyl (C=O) groups excluding carboxylic acids is 2. The Morgan fingerprint density at radius 3 is 2.52 bits per heavy atom. The molecule has 5 N–H and O–H groups in total. The number of ether oxygens (including phenoxy) is 1. The molecule has 1 aromatic rings. The first kappa shape index (κ1) is 18.9. The number of carbonyl (C=O) groups is 2. The third-order valence-corrected chi connectivity index (χ3v) is 3.00. The maximum absolute atomic E-state index is 13.6. The molecule has 2 atom stereocenters. The van der Waals surface area contributed by atoms with Crippen LogP contribution in [0.4, 0.5) is 9.18 Å². The number of nitrogens with one attached hydrogen (secondary N) is 2. The fourth-order valence-corrected chi connectivity index (χ4v) is 1.80. The van der Waals surface area contributed by atoms with Crippen LogP contribution in [-0.4, -0.2) is 41.5 Å². The molecular formula is C15H22FN3O4. The van der Waals surface area contributed by atoms with Crippen molar-refractivity contribution in [2.24, 2.45) is 5.73 Å². The summed E-state index contributed by atoms with van der Waals surface area (Å²) < 4.78 is 18.7. The van der Waals surface area contributed by atoms with E-state index < -0.39 is 35.7 Å². The van der Waals surface area contributed by atoms with E-state index in [1.54, 1.807) is 13.8 Å². The molecular weight excluding hydrogens is 305 g/mol. The Morgan fingerprint density at radius 2 is 2.00 bits per heavy atom. The molecule has 2 amide bonds. The lowest BCUT2D eigenvalue weighted by Gasteiger charge is -2.32. The van der Waals surface area contributed by atoms with Crippen LogP contribution in [0.1, 0.15) is 31.1 Å². The monoisotopic (exact) mass is 327 g/mol. The Hall–Kier alpha value is -2.19. The molecule has 1 rings (SSSR count). The van der Waals surface area contributed by atoms with Gasteiger partial charge in [-0.1, -0.05) is 12.1 Å². The number of aliphatic hydroxyl groups excluding tert-OH is 1. The zero-order chi connectivity index (χ0) is 17.6. The highest BCUT2D eigenvalue weighted by Gasteiger charge is 2.29. The summed E-state index contributed by atoms with van der Waals surface area (Å²) in [4.78, 5) is 22.8. The van der Waals surface area contributed by atoms with Gasteiger partial charge in [-0.15, -0.1) is 0 Å². The summed E-state index contributed by atoms with van der Waals surface area (Å²) in [5.74, 6) is -1.61. The molecule has 7 nitrogen and oxygen atoms in total. The Kier molecular flexibility index (Phi) is 6.47. The smallest absolute Gasteiger partial charge is 0.342 e. The van der Waals surface area contributed by atoms with E-state index in [4.69, 9.17) is 10.5 Å². The van der Waals surface area contributed by atoms with Gasteiger partial charge in [0.2, 0.25) is 0 Å². The lowest BCUT2D eigenvalue weighted by molar-refractivity contribution is -0.0374. The molecule has 128 valence electrons. The second-order valence-electron chi connectivity index (χ2n) is 5.79. The van der Waals surface area contributed by atoms with Gasteiger partial charge in [-0.05, 0) is 32.9 Å². The first-order chi connectivity index (χ1) is 10.6. The molecule has 0 saturated heterocycles. The highest BCUT2D eigenvalue weighted by atomic mass is 19.1. The van der Waals surface area contributed by atoms with E-state index in [1.165, 1.54) is 25.1 Å². The van der Waals surface area contributed by atoms with Gasteiger partial charge in [0.05, 0.1) is 5.56 Å². The van der Waals surface area contributed by atoms with E-state index in [2.05, 4.69) is 10.6 Å². The number of esters is 1. The van der Waals surface area contributed by atoms with Crippen molar-refractivity contribution in [1.29, 1.82) is 0 Å². The Labute approximate surface area is 134 Å². The van der Waals surface area contributed by atoms with Gasteiger partial charge < -0.3 is 20.9 Å². The van der Waals surface area contributed by atoms with Crippen molar-refractivity contribution >= 4 is 12.0 Å². The van der Waals surface area contributed by atoms with Crippen molar-refractivity contribution in [2.75, 3.05) is 6.54 Å². The SMILES string of the molecule is CC(O)C(NC(C)(C)CNC(N)=O)OC(=O)c1ccccc1F. The number of primary amides is 1. The number of aliphatic hydroxyl groups is 1. The van der Waals surface area contributed by atoms with Crippen molar-refractivity contribution in [3.8, 4) is 0 Å². The number of hydrogen-bond donors (Lipinski definition) is 4. The van der Waals surface area contributed by atoms with E-state index in [9.17, 15) is 19.1 Å². The minimum Gasteiger partial charge on any atom is -0.440 e. The number of rotatable bonds is 7. The van der Waals surface area contributed by atoms with Crippen molar-refractivity contribution in [3.63, 3.8) is 0 Å². The molecule has 0 radical (unpaired) electrons. The number of amides is 2. The first-order valence-electron chi connectivity index (χ1n) is 7.07. The van der Waals surface area contributed by atoms with Crippen molar-refractivity contribution < 1.29 is 23.8 Å². The molecule has 0 fully saturated rings. The van der Waals surface area contributed by atoms with E-state index in [0.29, 0.717) is 0 Å². The van der Waals surface area contributed by atoms with Gasteiger partial charge in [0, 0.05) is 12.1 Å². The number of hydrogen-bond acceptors (Lipinski definition) is 5. The highest BCUT2D eigenvalue weighted by Crippen LogP contribution is 2.12. The molecule has 0 aliphatic rings. The van der Waals surface area contributed by atoms with E-state index >= 15 is 0 Å². The maximum atomic E-state index is 13.6. The van der Waals surface area contributed by atoms with Crippen LogP contribution in [-0.2, 0) is 4.74 Å². The lowest BCUT2D eigenvalue weighted by atomic mass is 10.1. The molecule has 0 aliphatic carbocycles. The average molecular weight is 327 g/mol. The molecule has 0 spiro atoms. The second kappa shape index (κ2) is 7.89. The summed E-state index contributed by atoms with van der Waals surface area (Å²) in [7, 11) is 0. The topological polar surface area (TPSA) is 114 Å². The van der Waals surface area contributed by atoms with Crippen LogP contribution in [0.15, 0.2) is 24.3 Å². The Bertz CT molecular complexity index is 563. The summed E-state index contributed by atoms with van der Waals surface area (Å²) in [6.45, 7) is 5.00. The fraction of sp³-hybridized carbons (Fsp3) is 0.467. The molecule has 0 bridgehead atoms. The number of nitrogens with two attached hydrogens (primary N) is 1. The summed E-state index contributed by atoms with van der Waals surface area (Å²) in [6, 6.07) is 4.69. The minimum absolute atomic E-state index is 0.142. The molecule has 1 aromatic carbocycles. The quantitative estimate of drug-likeness (QED) is 0.435. The summed E-state index contributed by atoms with van der Waals surface area (Å²) in [6.07, 6.45) is -2.15. The van der Waals surface area contributed by atoms with Crippen molar-refractivity contribution in [2.45, 2.75) is 38.6 Å². The molecule has 0 aromatic heterocycles. The highest BCUT2D eigenvalue weighted by molar-refractivity contribution is 5.89. The number of benzene rings is 1. The molecule has 0 aliphatic heterocycles. The van der Waals surface area contributed by atoms with E-state index in [1.807, 2.05) is 0 Å². The number of halogens is 1. The fourth-order valence-electron chi connectivity index (χ4n) is 1.80. The molecule has 0 saturated carbocycles. The van der Waals surface area contributed by atoms with Gasteiger partial charge in [-0.2, -0.15) is 0 Å². The largest absolute Gasteiger partial charge is 0.440 e. The third kappa shape index (κ3) is 6.21. The molecule has 0 heterocycles. The zero-order valence-electron chi connectivity index (χ0n) is 13.3. The zero-order valence-corrected chi connectivity index (χ0v) is 13.3. The van der Waals surface area contributed by atoms with Gasteiger partial charge in [0.1, 0.15) is 11.9 Å². The first-order valence-corrected chi connectivity index (χ1v) is 7.07. The Morgan fingerprint density at radius 1 is 1.39 bits per heavy atom. The van der Waals surface area contributed by atoms with Crippen LogP contribution in [0, 0.1) is 5.82 Å². The van der Waals surface area contributed by atoms with Gasteiger partial charge >= 0.3 is 12.0 Å². The van der Waals surface area contributed by atoms with Crippen LogP contribution in [0.5, 0.6) is 0 Å². The van der Waals surface area contributed by atoms with Gasteiger partial charge in [0.15, 0.2) is 6.23 Å². The van der Waals surface area contributed by atoms with Crippen LogP contribution in [0.25, 0.3) is 0 Å². The summed E-state index contributed by atoms with van der Waals surface area (Å²) in [5, 5.41) is 15.1. The molecule has 8 heteroatoms. The van der Waals surface area contributed by atoms with E-state index in [0.717, 1.165) is 6.07 Å². The predicted molar refractivity (Wildman–Crippen MR) is 82.1 cm³/mol. The normalized spacial score (nSPS) is 14.0. The molecule has 2 unspecified atom stereocenters. The standard InChI is InChI=1S/C15H22FN3O4/c1-9(20)12(19-15(2,3)8-18-14(17)22)23-13(21)10-6-4-5-7-11(10)16/h4-7,9,12,19-20H,8H2,1-3H3,(H3,17,18,22). The van der Waals surface area contributed by atoms with E-state index in [-0.39, 0.29) is 12.1 Å². The third-order valence-electron chi connectivity index (χ3n) is 3.00. The average Bonchev–Trinajstić information content (AvgIpc) is 2.44. The van der Waals surface area contributed by atoms with Crippen molar-refractivity contribution in [1.82, 2.24) is 10.6 Å². The Balaban J connectivity index is 2.77. The second-order valence-corrected chi connectivity index (χ2v) is 5.79. The van der Waals surface area contributed by atoms with Gasteiger partial charge in [0.25, 0.3) is 0 Å². The van der Waals surface area contributed by atoms with Gasteiger partial charge in [-0.25, -0.2) is 14.0 Å². The van der Waals surface area contributed by atoms with Gasteiger partial charge in [-0.3, -0.25) is 5.32 Å².